The lowest BCUT2D eigenvalue weighted by atomic mass is 9.80. The van der Waals surface area contributed by atoms with E-state index in [1.54, 1.807) is 0 Å². The van der Waals surface area contributed by atoms with Crippen LogP contribution in [0.25, 0.3) is 0 Å². The molecule has 1 N–H and O–H groups in total. The second-order valence-electron chi connectivity index (χ2n) is 6.39. The highest BCUT2D eigenvalue weighted by Gasteiger charge is 2.25. The second-order valence-corrected chi connectivity index (χ2v) is 6.39. The summed E-state index contributed by atoms with van der Waals surface area (Å²) in [4.78, 5) is 0. The van der Waals surface area contributed by atoms with E-state index in [0.717, 1.165) is 30.8 Å². The van der Waals surface area contributed by atoms with Gasteiger partial charge in [0, 0.05) is 6.54 Å². The van der Waals surface area contributed by atoms with Gasteiger partial charge < -0.3 is 10.1 Å². The van der Waals surface area contributed by atoms with Crippen LogP contribution in [0.5, 0.6) is 0 Å². The predicted octanol–water partition coefficient (Wildman–Crippen LogP) is 3.46. The predicted molar refractivity (Wildman–Crippen MR) is 74.2 cm³/mol. The highest BCUT2D eigenvalue weighted by Crippen LogP contribution is 2.31. The average molecular weight is 241 g/mol. The Labute approximate surface area is 108 Å². The molecule has 0 aliphatic heterocycles. The van der Waals surface area contributed by atoms with Crippen molar-refractivity contribution in [1.29, 1.82) is 0 Å². The minimum atomic E-state index is 0.347. The van der Waals surface area contributed by atoms with Gasteiger partial charge in [0.2, 0.25) is 0 Å². The Morgan fingerprint density at radius 2 is 1.76 bits per heavy atom. The molecule has 2 nitrogen and oxygen atoms in total. The van der Waals surface area contributed by atoms with Gasteiger partial charge in [-0.1, -0.05) is 27.7 Å². The number of nitrogens with one attached hydrogen (secondary N) is 1. The van der Waals surface area contributed by atoms with E-state index >= 15 is 0 Å². The van der Waals surface area contributed by atoms with Crippen LogP contribution in [0.15, 0.2) is 0 Å². The van der Waals surface area contributed by atoms with Crippen LogP contribution in [0.1, 0.15) is 53.9 Å². The molecule has 0 bridgehead atoms. The molecule has 17 heavy (non-hydrogen) atoms. The standard InChI is InChI=1S/C15H31NO/c1-11(2)9-16-10-14(5)17-15-7-6-12(3)13(4)8-15/h11-16H,6-10H2,1-5H3. The zero-order valence-electron chi connectivity index (χ0n) is 12.3. The Morgan fingerprint density at radius 3 is 2.35 bits per heavy atom. The third kappa shape index (κ3) is 5.87. The summed E-state index contributed by atoms with van der Waals surface area (Å²) >= 11 is 0. The van der Waals surface area contributed by atoms with Gasteiger partial charge in [-0.15, -0.1) is 0 Å². The van der Waals surface area contributed by atoms with Crippen molar-refractivity contribution in [2.24, 2.45) is 17.8 Å². The van der Waals surface area contributed by atoms with Gasteiger partial charge in [-0.05, 0) is 50.5 Å². The molecule has 0 amide bonds. The summed E-state index contributed by atoms with van der Waals surface area (Å²) in [5.41, 5.74) is 0. The molecule has 1 saturated carbocycles. The van der Waals surface area contributed by atoms with Gasteiger partial charge in [0.1, 0.15) is 0 Å². The van der Waals surface area contributed by atoms with Crippen LogP contribution in [0, 0.1) is 17.8 Å². The maximum absolute atomic E-state index is 6.13. The topological polar surface area (TPSA) is 21.3 Å². The number of ether oxygens (including phenoxy) is 1. The molecule has 1 aliphatic rings. The maximum Gasteiger partial charge on any atom is 0.0675 e. The number of hydrogen-bond acceptors (Lipinski definition) is 2. The molecule has 102 valence electrons. The summed E-state index contributed by atoms with van der Waals surface area (Å²) in [5, 5.41) is 3.47. The van der Waals surface area contributed by atoms with E-state index in [1.165, 1.54) is 19.3 Å². The van der Waals surface area contributed by atoms with E-state index in [2.05, 4.69) is 39.9 Å². The summed E-state index contributed by atoms with van der Waals surface area (Å²) in [6, 6.07) is 0. The van der Waals surface area contributed by atoms with Crippen molar-refractivity contribution in [2.45, 2.75) is 66.1 Å². The fourth-order valence-corrected chi connectivity index (χ4v) is 2.57. The van der Waals surface area contributed by atoms with Crippen LogP contribution in [0.4, 0.5) is 0 Å². The van der Waals surface area contributed by atoms with Crippen molar-refractivity contribution in [2.75, 3.05) is 13.1 Å². The highest BCUT2D eigenvalue weighted by molar-refractivity contribution is 4.76. The van der Waals surface area contributed by atoms with Gasteiger partial charge in [-0.2, -0.15) is 0 Å². The van der Waals surface area contributed by atoms with Crippen LogP contribution in [-0.2, 0) is 4.74 Å². The molecule has 4 unspecified atom stereocenters. The van der Waals surface area contributed by atoms with Crippen LogP contribution in [0.2, 0.25) is 0 Å². The van der Waals surface area contributed by atoms with E-state index in [-0.39, 0.29) is 0 Å². The molecule has 0 radical (unpaired) electrons. The molecular weight excluding hydrogens is 210 g/mol. The summed E-state index contributed by atoms with van der Waals surface area (Å²) in [6.07, 6.45) is 4.67. The lowest BCUT2D eigenvalue weighted by Crippen LogP contribution is -2.35. The zero-order valence-corrected chi connectivity index (χ0v) is 12.3. The average Bonchev–Trinajstić information content (AvgIpc) is 2.23. The molecular formula is C15H31NO. The normalized spacial score (nSPS) is 31.8. The molecule has 1 rings (SSSR count). The van der Waals surface area contributed by atoms with Gasteiger partial charge in [0.05, 0.1) is 12.2 Å². The van der Waals surface area contributed by atoms with Crippen molar-refractivity contribution in [1.82, 2.24) is 5.32 Å². The van der Waals surface area contributed by atoms with Gasteiger partial charge in [-0.25, -0.2) is 0 Å². The van der Waals surface area contributed by atoms with E-state index < -0.39 is 0 Å². The first-order chi connectivity index (χ1) is 7.99. The molecule has 0 heterocycles. The van der Waals surface area contributed by atoms with Crippen molar-refractivity contribution >= 4 is 0 Å². The second kappa shape index (κ2) is 7.38. The van der Waals surface area contributed by atoms with Gasteiger partial charge >= 0.3 is 0 Å². The van der Waals surface area contributed by atoms with E-state index in [0.29, 0.717) is 12.2 Å². The minimum absolute atomic E-state index is 0.347. The van der Waals surface area contributed by atoms with Gasteiger partial charge in [0.25, 0.3) is 0 Å². The first kappa shape index (κ1) is 15.0. The Balaban J connectivity index is 2.15. The number of rotatable bonds is 6. The Bertz CT molecular complexity index is 205. The summed E-state index contributed by atoms with van der Waals surface area (Å²) in [5.74, 6) is 2.42. The lowest BCUT2D eigenvalue weighted by Gasteiger charge is -2.33. The Kier molecular flexibility index (Phi) is 6.50. The number of hydrogen-bond donors (Lipinski definition) is 1. The monoisotopic (exact) mass is 241 g/mol. The summed E-state index contributed by atoms with van der Waals surface area (Å²) in [7, 11) is 0. The van der Waals surface area contributed by atoms with E-state index in [1.807, 2.05) is 0 Å². The Morgan fingerprint density at radius 1 is 1.06 bits per heavy atom. The molecule has 0 spiro atoms. The van der Waals surface area contributed by atoms with Crippen LogP contribution < -0.4 is 5.32 Å². The SMILES string of the molecule is CC(C)CNCC(C)OC1CCC(C)C(C)C1. The first-order valence-electron chi connectivity index (χ1n) is 7.35. The van der Waals surface area contributed by atoms with E-state index in [4.69, 9.17) is 4.74 Å². The molecule has 0 aromatic heterocycles. The Hall–Kier alpha value is -0.0800. The van der Waals surface area contributed by atoms with E-state index in [9.17, 15) is 0 Å². The van der Waals surface area contributed by atoms with Crippen LogP contribution in [-0.4, -0.2) is 25.3 Å². The lowest BCUT2D eigenvalue weighted by molar-refractivity contribution is -0.0385. The van der Waals surface area contributed by atoms with Crippen molar-refractivity contribution in [3.63, 3.8) is 0 Å². The fraction of sp³-hybridized carbons (Fsp3) is 1.00. The molecule has 4 atom stereocenters. The molecule has 0 saturated heterocycles. The molecule has 1 fully saturated rings. The zero-order chi connectivity index (χ0) is 12.8. The molecule has 0 aromatic carbocycles. The summed E-state index contributed by atoms with van der Waals surface area (Å²) < 4.78 is 6.13. The fourth-order valence-electron chi connectivity index (χ4n) is 2.57. The first-order valence-corrected chi connectivity index (χ1v) is 7.35. The van der Waals surface area contributed by atoms with Gasteiger partial charge in [-0.3, -0.25) is 0 Å². The third-order valence-corrected chi connectivity index (χ3v) is 3.96. The molecule has 0 aromatic rings. The smallest absolute Gasteiger partial charge is 0.0675 e. The van der Waals surface area contributed by atoms with Crippen LogP contribution in [0.3, 0.4) is 0 Å². The van der Waals surface area contributed by atoms with Crippen molar-refractivity contribution in [3.05, 3.63) is 0 Å². The largest absolute Gasteiger partial charge is 0.374 e. The minimum Gasteiger partial charge on any atom is -0.374 e. The molecule has 2 heteroatoms. The summed E-state index contributed by atoms with van der Waals surface area (Å²) in [6.45, 7) is 13.5. The third-order valence-electron chi connectivity index (χ3n) is 3.96. The van der Waals surface area contributed by atoms with Gasteiger partial charge in [0.15, 0.2) is 0 Å². The van der Waals surface area contributed by atoms with Crippen molar-refractivity contribution in [3.8, 4) is 0 Å². The van der Waals surface area contributed by atoms with Crippen molar-refractivity contribution < 1.29 is 4.74 Å². The molecule has 1 aliphatic carbocycles. The quantitative estimate of drug-likeness (QED) is 0.769. The highest BCUT2D eigenvalue weighted by atomic mass is 16.5. The maximum atomic E-state index is 6.13. The van der Waals surface area contributed by atoms with Crippen LogP contribution >= 0.6 is 0 Å².